The highest BCUT2D eigenvalue weighted by Gasteiger charge is 2.27. The van der Waals surface area contributed by atoms with Gasteiger partial charge in [0.15, 0.2) is 12.6 Å². The number of esters is 1. The summed E-state index contributed by atoms with van der Waals surface area (Å²) in [5, 5.41) is 15.2. The minimum atomic E-state index is -0.850. The topological polar surface area (TPSA) is 99.0 Å². The Morgan fingerprint density at radius 1 is 1.38 bits per heavy atom. The zero-order valence-corrected chi connectivity index (χ0v) is 13.7. The standard InChI is InChI=1S/C15H16ClN5O3/c1-9(15(23)17-12-6-7-12)24-13(22)8-21-19-14(18-20-21)10-2-4-11(16)5-3-10/h2-5,9,12H,6-8H2,1H3,(H,17,23)/t9-/m0/s1. The third-order valence-corrected chi connectivity index (χ3v) is 3.68. The van der Waals surface area contributed by atoms with Crippen molar-refractivity contribution in [3.8, 4) is 11.4 Å². The number of aromatic nitrogens is 4. The van der Waals surface area contributed by atoms with E-state index in [1.54, 1.807) is 24.3 Å². The highest BCUT2D eigenvalue weighted by Crippen LogP contribution is 2.19. The summed E-state index contributed by atoms with van der Waals surface area (Å²) in [6.07, 6.45) is 1.10. The van der Waals surface area contributed by atoms with Gasteiger partial charge in [-0.15, -0.1) is 10.2 Å². The van der Waals surface area contributed by atoms with E-state index in [1.165, 1.54) is 6.92 Å². The van der Waals surface area contributed by atoms with Crippen molar-refractivity contribution in [1.29, 1.82) is 0 Å². The van der Waals surface area contributed by atoms with Crippen LogP contribution >= 0.6 is 11.6 Å². The number of amides is 1. The second kappa shape index (κ2) is 6.96. The summed E-state index contributed by atoms with van der Waals surface area (Å²) in [6.45, 7) is 1.31. The predicted molar refractivity (Wildman–Crippen MR) is 85.0 cm³/mol. The first kappa shape index (κ1) is 16.4. The molecular weight excluding hydrogens is 334 g/mol. The van der Waals surface area contributed by atoms with Crippen molar-refractivity contribution in [2.45, 2.75) is 38.5 Å². The number of hydrogen-bond donors (Lipinski definition) is 1. The molecular formula is C15H16ClN5O3. The highest BCUT2D eigenvalue weighted by molar-refractivity contribution is 6.30. The Labute approximate surface area is 143 Å². The molecule has 1 atom stereocenters. The molecule has 1 N–H and O–H groups in total. The Morgan fingerprint density at radius 3 is 2.75 bits per heavy atom. The molecule has 1 amide bonds. The average molecular weight is 350 g/mol. The largest absolute Gasteiger partial charge is 0.451 e. The number of rotatable bonds is 6. The first-order valence-corrected chi connectivity index (χ1v) is 7.92. The Balaban J connectivity index is 1.54. The van der Waals surface area contributed by atoms with E-state index in [0.29, 0.717) is 10.8 Å². The monoisotopic (exact) mass is 349 g/mol. The lowest BCUT2D eigenvalue weighted by Crippen LogP contribution is -2.37. The molecule has 0 bridgehead atoms. The lowest BCUT2D eigenvalue weighted by molar-refractivity contribution is -0.155. The van der Waals surface area contributed by atoms with Crippen LogP contribution in [0.25, 0.3) is 11.4 Å². The van der Waals surface area contributed by atoms with Crippen molar-refractivity contribution in [2.24, 2.45) is 0 Å². The third kappa shape index (κ3) is 4.29. The van der Waals surface area contributed by atoms with Gasteiger partial charge in [-0.2, -0.15) is 4.80 Å². The minimum absolute atomic E-state index is 0.220. The summed E-state index contributed by atoms with van der Waals surface area (Å²) >= 11 is 5.83. The van der Waals surface area contributed by atoms with Crippen molar-refractivity contribution >= 4 is 23.5 Å². The molecule has 0 spiro atoms. The highest BCUT2D eigenvalue weighted by atomic mass is 35.5. The van der Waals surface area contributed by atoms with Crippen molar-refractivity contribution < 1.29 is 14.3 Å². The van der Waals surface area contributed by atoms with Gasteiger partial charge in [0.05, 0.1) is 0 Å². The lowest BCUT2D eigenvalue weighted by atomic mass is 10.2. The van der Waals surface area contributed by atoms with Gasteiger partial charge in [-0.25, -0.2) is 4.79 Å². The summed E-state index contributed by atoms with van der Waals surface area (Å²) < 4.78 is 5.08. The van der Waals surface area contributed by atoms with Gasteiger partial charge in [0.2, 0.25) is 5.82 Å². The molecule has 1 fully saturated rings. The van der Waals surface area contributed by atoms with Crippen molar-refractivity contribution in [3.63, 3.8) is 0 Å². The summed E-state index contributed by atoms with van der Waals surface area (Å²) in [4.78, 5) is 24.7. The first-order valence-electron chi connectivity index (χ1n) is 7.55. The maximum absolute atomic E-state index is 11.9. The maximum Gasteiger partial charge on any atom is 0.330 e. The summed E-state index contributed by atoms with van der Waals surface area (Å²) in [6, 6.07) is 7.16. The molecule has 1 aliphatic carbocycles. The molecule has 2 aromatic rings. The van der Waals surface area contributed by atoms with Gasteiger partial charge in [-0.1, -0.05) is 11.6 Å². The van der Waals surface area contributed by atoms with Crippen LogP contribution in [0.1, 0.15) is 19.8 Å². The number of tetrazole rings is 1. The summed E-state index contributed by atoms with van der Waals surface area (Å²) in [7, 11) is 0. The van der Waals surface area contributed by atoms with Gasteiger partial charge in [-0.05, 0) is 49.2 Å². The Bertz CT molecular complexity index is 742. The fourth-order valence-corrected chi connectivity index (χ4v) is 2.10. The van der Waals surface area contributed by atoms with E-state index in [1.807, 2.05) is 0 Å². The summed E-state index contributed by atoms with van der Waals surface area (Å²) in [5.41, 5.74) is 0.733. The van der Waals surface area contributed by atoms with Crippen LogP contribution in [-0.4, -0.2) is 44.2 Å². The summed E-state index contributed by atoms with van der Waals surface area (Å²) in [5.74, 6) is -0.522. The fraction of sp³-hybridized carbons (Fsp3) is 0.400. The SMILES string of the molecule is C[C@H](OC(=O)Cn1nnc(-c2ccc(Cl)cc2)n1)C(=O)NC1CC1. The van der Waals surface area contributed by atoms with E-state index in [9.17, 15) is 9.59 Å². The second-order valence-electron chi connectivity index (χ2n) is 5.57. The second-order valence-corrected chi connectivity index (χ2v) is 6.00. The van der Waals surface area contributed by atoms with Gasteiger partial charge < -0.3 is 10.1 Å². The molecule has 0 unspecified atom stereocenters. The maximum atomic E-state index is 11.9. The van der Waals surface area contributed by atoms with Gasteiger partial charge in [0.25, 0.3) is 5.91 Å². The van der Waals surface area contributed by atoms with Crippen LogP contribution in [0, 0.1) is 0 Å². The molecule has 0 saturated heterocycles. The predicted octanol–water partition coefficient (Wildman–Crippen LogP) is 1.20. The van der Waals surface area contributed by atoms with Crippen LogP contribution in [0.2, 0.25) is 5.02 Å². The zero-order chi connectivity index (χ0) is 17.1. The zero-order valence-electron chi connectivity index (χ0n) is 13.0. The van der Waals surface area contributed by atoms with E-state index in [2.05, 4.69) is 20.7 Å². The van der Waals surface area contributed by atoms with Crippen LogP contribution in [-0.2, 0) is 20.9 Å². The van der Waals surface area contributed by atoms with E-state index < -0.39 is 12.1 Å². The number of carbonyl (C=O) groups excluding carboxylic acids is 2. The smallest absolute Gasteiger partial charge is 0.330 e. The Hall–Kier alpha value is -2.48. The number of ether oxygens (including phenoxy) is 1. The van der Waals surface area contributed by atoms with E-state index in [-0.39, 0.29) is 18.5 Å². The molecule has 9 heteroatoms. The lowest BCUT2D eigenvalue weighted by Gasteiger charge is -2.12. The molecule has 126 valence electrons. The van der Waals surface area contributed by atoms with Crippen LogP contribution in [0.3, 0.4) is 0 Å². The quantitative estimate of drug-likeness (QED) is 0.787. The molecule has 1 heterocycles. The molecule has 1 aromatic carbocycles. The molecule has 24 heavy (non-hydrogen) atoms. The van der Waals surface area contributed by atoms with Gasteiger partial charge in [0, 0.05) is 16.6 Å². The average Bonchev–Trinajstić information content (AvgIpc) is 3.24. The number of nitrogens with zero attached hydrogens (tertiary/aromatic N) is 4. The number of halogens is 1. The Kier molecular flexibility index (Phi) is 4.75. The molecule has 1 aromatic heterocycles. The van der Waals surface area contributed by atoms with Crippen LogP contribution in [0.4, 0.5) is 0 Å². The molecule has 0 aliphatic heterocycles. The number of hydrogen-bond acceptors (Lipinski definition) is 6. The minimum Gasteiger partial charge on any atom is -0.451 e. The molecule has 1 aliphatic rings. The number of benzene rings is 1. The fourth-order valence-electron chi connectivity index (χ4n) is 1.97. The molecule has 8 nitrogen and oxygen atoms in total. The van der Waals surface area contributed by atoms with Crippen molar-refractivity contribution in [3.05, 3.63) is 29.3 Å². The van der Waals surface area contributed by atoms with Crippen molar-refractivity contribution in [2.75, 3.05) is 0 Å². The normalized spacial score (nSPS) is 14.9. The van der Waals surface area contributed by atoms with Crippen molar-refractivity contribution in [1.82, 2.24) is 25.5 Å². The van der Waals surface area contributed by atoms with Crippen LogP contribution < -0.4 is 5.32 Å². The van der Waals surface area contributed by atoms with E-state index in [4.69, 9.17) is 16.3 Å². The third-order valence-electron chi connectivity index (χ3n) is 3.43. The number of carbonyl (C=O) groups is 2. The Morgan fingerprint density at radius 2 is 2.08 bits per heavy atom. The van der Waals surface area contributed by atoms with E-state index >= 15 is 0 Å². The van der Waals surface area contributed by atoms with Gasteiger partial charge in [0.1, 0.15) is 0 Å². The number of nitrogens with one attached hydrogen (secondary N) is 1. The van der Waals surface area contributed by atoms with Gasteiger partial charge >= 0.3 is 5.97 Å². The van der Waals surface area contributed by atoms with Crippen LogP contribution in [0.5, 0.6) is 0 Å². The van der Waals surface area contributed by atoms with Crippen LogP contribution in [0.15, 0.2) is 24.3 Å². The first-order chi connectivity index (χ1) is 11.5. The van der Waals surface area contributed by atoms with Gasteiger partial charge in [-0.3, -0.25) is 4.79 Å². The molecule has 3 rings (SSSR count). The van der Waals surface area contributed by atoms with E-state index in [0.717, 1.165) is 23.2 Å². The molecule has 0 radical (unpaired) electrons. The molecule has 1 saturated carbocycles.